The molecule has 0 unspecified atom stereocenters. The third kappa shape index (κ3) is 3.05. The van der Waals surface area contributed by atoms with Crippen molar-refractivity contribution >= 4 is 17.2 Å². The molecule has 4 heteroatoms. The highest BCUT2D eigenvalue weighted by Crippen LogP contribution is 2.20. The molecule has 92 valence electrons. The molecule has 0 aliphatic heterocycles. The normalized spacial score (nSPS) is 10.1. The first kappa shape index (κ1) is 12.5. The van der Waals surface area contributed by atoms with Gasteiger partial charge in [-0.15, -0.1) is 0 Å². The third-order valence-electron chi connectivity index (χ3n) is 2.59. The van der Waals surface area contributed by atoms with E-state index in [1.54, 1.807) is 12.4 Å². The number of rotatable bonds is 4. The van der Waals surface area contributed by atoms with Crippen molar-refractivity contribution in [2.24, 2.45) is 5.73 Å². The number of benzene rings is 1. The predicted molar refractivity (Wildman–Crippen MR) is 75.6 cm³/mol. The molecular formula is C14H14N2OS. The van der Waals surface area contributed by atoms with Gasteiger partial charge in [0.1, 0.15) is 17.3 Å². The molecule has 0 bridgehead atoms. The highest BCUT2D eigenvalue weighted by Gasteiger charge is 2.04. The summed E-state index contributed by atoms with van der Waals surface area (Å²) in [6.45, 7) is 2.47. The van der Waals surface area contributed by atoms with Crippen LogP contribution in [0.2, 0.25) is 0 Å². The molecule has 1 aromatic carbocycles. The van der Waals surface area contributed by atoms with Crippen LogP contribution in [0.15, 0.2) is 42.7 Å². The van der Waals surface area contributed by atoms with Crippen LogP contribution >= 0.6 is 12.2 Å². The van der Waals surface area contributed by atoms with Crippen molar-refractivity contribution < 1.29 is 4.74 Å². The van der Waals surface area contributed by atoms with Gasteiger partial charge in [-0.2, -0.15) is 0 Å². The monoisotopic (exact) mass is 258 g/mol. The average molecular weight is 258 g/mol. The van der Waals surface area contributed by atoms with Crippen LogP contribution in [0.25, 0.3) is 0 Å². The van der Waals surface area contributed by atoms with E-state index < -0.39 is 0 Å². The molecule has 0 saturated carbocycles. The summed E-state index contributed by atoms with van der Waals surface area (Å²) >= 11 is 4.95. The molecule has 18 heavy (non-hydrogen) atoms. The summed E-state index contributed by atoms with van der Waals surface area (Å²) in [5.41, 5.74) is 8.50. The lowest BCUT2D eigenvalue weighted by Crippen LogP contribution is -2.09. The van der Waals surface area contributed by atoms with Crippen molar-refractivity contribution in [2.75, 3.05) is 0 Å². The Bertz CT molecular complexity index is 555. The molecule has 0 atom stereocenters. The second-order valence-electron chi connectivity index (χ2n) is 3.99. The lowest BCUT2D eigenvalue weighted by molar-refractivity contribution is 0.303. The van der Waals surface area contributed by atoms with Gasteiger partial charge in [-0.25, -0.2) is 0 Å². The summed E-state index contributed by atoms with van der Waals surface area (Å²) in [4.78, 5) is 4.42. The summed E-state index contributed by atoms with van der Waals surface area (Å²) in [6.07, 6.45) is 3.52. The quantitative estimate of drug-likeness (QED) is 0.856. The van der Waals surface area contributed by atoms with Crippen molar-refractivity contribution in [1.82, 2.24) is 4.98 Å². The predicted octanol–water partition coefficient (Wildman–Crippen LogP) is 2.60. The number of aromatic nitrogens is 1. The molecule has 3 nitrogen and oxygen atoms in total. The minimum absolute atomic E-state index is 0.376. The van der Waals surface area contributed by atoms with E-state index in [9.17, 15) is 0 Å². The van der Waals surface area contributed by atoms with Crippen LogP contribution < -0.4 is 10.5 Å². The lowest BCUT2D eigenvalue weighted by atomic mass is 10.1. The number of hydrogen-bond donors (Lipinski definition) is 1. The lowest BCUT2D eigenvalue weighted by Gasteiger charge is -2.10. The Labute approximate surface area is 112 Å². The molecule has 0 amide bonds. The topological polar surface area (TPSA) is 48.1 Å². The van der Waals surface area contributed by atoms with Crippen molar-refractivity contribution in [3.05, 3.63) is 59.4 Å². The van der Waals surface area contributed by atoms with Crippen LogP contribution in [0.5, 0.6) is 5.75 Å². The number of nitrogens with two attached hydrogens (primary N) is 1. The zero-order valence-electron chi connectivity index (χ0n) is 10.1. The van der Waals surface area contributed by atoms with Crippen molar-refractivity contribution in [3.8, 4) is 5.75 Å². The van der Waals surface area contributed by atoms with Gasteiger partial charge in [0, 0.05) is 23.5 Å². The molecule has 2 aromatic rings. The first-order valence-electron chi connectivity index (χ1n) is 5.59. The third-order valence-corrected chi connectivity index (χ3v) is 2.83. The van der Waals surface area contributed by atoms with Crippen LogP contribution in [0, 0.1) is 6.92 Å². The van der Waals surface area contributed by atoms with Gasteiger partial charge in [-0.3, -0.25) is 4.98 Å². The van der Waals surface area contributed by atoms with E-state index in [0.29, 0.717) is 11.6 Å². The van der Waals surface area contributed by atoms with Crippen LogP contribution in [0.1, 0.15) is 16.7 Å². The summed E-state index contributed by atoms with van der Waals surface area (Å²) in [5, 5.41) is 0. The average Bonchev–Trinajstić information content (AvgIpc) is 2.38. The van der Waals surface area contributed by atoms with Gasteiger partial charge in [-0.1, -0.05) is 30.4 Å². The summed E-state index contributed by atoms with van der Waals surface area (Å²) < 4.78 is 5.76. The summed E-state index contributed by atoms with van der Waals surface area (Å²) in [5.74, 6) is 0.796. The Morgan fingerprint density at radius 3 is 2.89 bits per heavy atom. The van der Waals surface area contributed by atoms with Crippen LogP contribution in [0.4, 0.5) is 0 Å². The number of ether oxygens (including phenoxy) is 1. The molecule has 0 spiro atoms. The molecule has 0 saturated heterocycles. The Balaban J connectivity index is 2.14. The fraction of sp³-hybridized carbons (Fsp3) is 0.143. The van der Waals surface area contributed by atoms with Gasteiger partial charge >= 0.3 is 0 Å². The molecule has 0 aliphatic rings. The molecule has 0 fully saturated rings. The highest BCUT2D eigenvalue weighted by molar-refractivity contribution is 7.80. The second-order valence-corrected chi connectivity index (χ2v) is 4.43. The highest BCUT2D eigenvalue weighted by atomic mass is 32.1. The first-order chi connectivity index (χ1) is 8.66. The second kappa shape index (κ2) is 5.60. The van der Waals surface area contributed by atoms with Gasteiger partial charge < -0.3 is 10.5 Å². The minimum Gasteiger partial charge on any atom is -0.489 e. The molecule has 2 N–H and O–H groups in total. The van der Waals surface area contributed by atoms with Crippen molar-refractivity contribution in [2.45, 2.75) is 13.5 Å². The minimum atomic E-state index is 0.376. The largest absolute Gasteiger partial charge is 0.489 e. The van der Waals surface area contributed by atoms with E-state index in [2.05, 4.69) is 4.98 Å². The Hall–Kier alpha value is -1.94. The standard InChI is InChI=1S/C14H14N2OS/c1-10-4-5-12(14(15)18)7-13(10)17-9-11-3-2-6-16-8-11/h2-8H,9H2,1H3,(H2,15,18). The van der Waals surface area contributed by atoms with Crippen LogP contribution in [0.3, 0.4) is 0 Å². The van der Waals surface area contributed by atoms with Crippen molar-refractivity contribution in [1.29, 1.82) is 0 Å². The van der Waals surface area contributed by atoms with Gasteiger partial charge in [0.2, 0.25) is 0 Å². The van der Waals surface area contributed by atoms with E-state index in [-0.39, 0.29) is 0 Å². The maximum Gasteiger partial charge on any atom is 0.123 e. The summed E-state index contributed by atoms with van der Waals surface area (Å²) in [6, 6.07) is 9.58. The first-order valence-corrected chi connectivity index (χ1v) is 6.00. The Kier molecular flexibility index (Phi) is 3.89. The van der Waals surface area contributed by atoms with Crippen molar-refractivity contribution in [3.63, 3.8) is 0 Å². The molecular weight excluding hydrogens is 244 g/mol. The SMILES string of the molecule is Cc1ccc(C(N)=S)cc1OCc1cccnc1. The number of aryl methyl sites for hydroxylation is 1. The van der Waals surface area contributed by atoms with Gasteiger partial charge in [0.05, 0.1) is 0 Å². The zero-order chi connectivity index (χ0) is 13.0. The van der Waals surface area contributed by atoms with Gasteiger partial charge in [0.15, 0.2) is 0 Å². The van der Waals surface area contributed by atoms with Gasteiger partial charge in [-0.05, 0) is 24.6 Å². The smallest absolute Gasteiger partial charge is 0.123 e. The van der Waals surface area contributed by atoms with E-state index >= 15 is 0 Å². The Morgan fingerprint density at radius 2 is 2.22 bits per heavy atom. The Morgan fingerprint density at radius 1 is 1.39 bits per heavy atom. The molecule has 2 rings (SSSR count). The fourth-order valence-electron chi connectivity index (χ4n) is 1.55. The van der Waals surface area contributed by atoms with Crippen LogP contribution in [-0.2, 0) is 6.61 Å². The van der Waals surface area contributed by atoms with Gasteiger partial charge in [0.25, 0.3) is 0 Å². The maximum absolute atomic E-state index is 5.76. The number of nitrogens with zero attached hydrogens (tertiary/aromatic N) is 1. The molecule has 1 heterocycles. The summed E-state index contributed by atoms with van der Waals surface area (Å²) in [7, 11) is 0. The number of pyridine rings is 1. The molecule has 0 aliphatic carbocycles. The van der Waals surface area contributed by atoms with Crippen LogP contribution in [-0.4, -0.2) is 9.97 Å². The van der Waals surface area contributed by atoms with E-state index in [1.807, 2.05) is 37.3 Å². The fourth-order valence-corrected chi connectivity index (χ4v) is 1.68. The number of thiocarbonyl (C=S) groups is 1. The molecule has 0 radical (unpaired) electrons. The zero-order valence-corrected chi connectivity index (χ0v) is 10.9. The van der Waals surface area contributed by atoms with E-state index in [4.69, 9.17) is 22.7 Å². The number of hydrogen-bond acceptors (Lipinski definition) is 3. The van der Waals surface area contributed by atoms with E-state index in [1.165, 1.54) is 0 Å². The maximum atomic E-state index is 5.76. The van der Waals surface area contributed by atoms with E-state index in [0.717, 1.165) is 22.4 Å². The molecule has 1 aromatic heterocycles.